The highest BCUT2D eigenvalue weighted by Gasteiger charge is 2.16. The van der Waals surface area contributed by atoms with Gasteiger partial charge >= 0.3 is 0 Å². The quantitative estimate of drug-likeness (QED) is 0.796. The number of nitrogens with zero attached hydrogens (tertiary/aromatic N) is 2. The average molecular weight is 275 g/mol. The summed E-state index contributed by atoms with van der Waals surface area (Å²) in [6.45, 7) is 0. The normalized spacial score (nSPS) is 13.0. The van der Waals surface area contributed by atoms with E-state index in [0.717, 1.165) is 20.5 Å². The summed E-state index contributed by atoms with van der Waals surface area (Å²) in [5.41, 5.74) is 1.11. The predicted molar refractivity (Wildman–Crippen MR) is 75.9 cm³/mol. The molecule has 0 amide bonds. The molecule has 19 heavy (non-hydrogen) atoms. The van der Waals surface area contributed by atoms with E-state index in [0.29, 0.717) is 0 Å². The van der Waals surface area contributed by atoms with E-state index in [1.165, 1.54) is 6.07 Å². The molecule has 2 heterocycles. The number of hydrogen-bond donors (Lipinski definition) is 1. The van der Waals surface area contributed by atoms with Crippen molar-refractivity contribution < 1.29 is 4.39 Å². The molecule has 0 saturated heterocycles. The number of aryl methyl sites for hydroxylation is 1. The van der Waals surface area contributed by atoms with Crippen LogP contribution in [0.3, 0.4) is 0 Å². The monoisotopic (exact) mass is 275 g/mol. The first-order valence-corrected chi connectivity index (χ1v) is 6.84. The molecule has 5 heteroatoms. The van der Waals surface area contributed by atoms with Crippen molar-refractivity contribution in [1.29, 1.82) is 0 Å². The highest BCUT2D eigenvalue weighted by atomic mass is 32.1. The summed E-state index contributed by atoms with van der Waals surface area (Å²) in [5.74, 6) is -0.195. The van der Waals surface area contributed by atoms with Crippen molar-refractivity contribution >= 4 is 21.4 Å². The molecule has 1 N–H and O–H groups in total. The van der Waals surface area contributed by atoms with E-state index in [9.17, 15) is 4.39 Å². The van der Waals surface area contributed by atoms with Crippen molar-refractivity contribution in [3.63, 3.8) is 0 Å². The first-order valence-electron chi connectivity index (χ1n) is 6.02. The van der Waals surface area contributed by atoms with Crippen LogP contribution in [0.4, 0.5) is 4.39 Å². The number of rotatable bonds is 3. The van der Waals surface area contributed by atoms with Gasteiger partial charge in [-0.15, -0.1) is 11.3 Å². The molecule has 1 aromatic carbocycles. The zero-order valence-electron chi connectivity index (χ0n) is 10.7. The number of benzene rings is 1. The summed E-state index contributed by atoms with van der Waals surface area (Å²) in [6, 6.07) is 7.03. The molecule has 0 spiro atoms. The first kappa shape index (κ1) is 12.3. The lowest BCUT2D eigenvalue weighted by molar-refractivity contribution is 0.630. The van der Waals surface area contributed by atoms with E-state index in [4.69, 9.17) is 0 Å². The van der Waals surface area contributed by atoms with Crippen LogP contribution in [0.1, 0.15) is 16.5 Å². The molecule has 0 saturated carbocycles. The third-order valence-corrected chi connectivity index (χ3v) is 4.31. The molecule has 3 rings (SSSR count). The van der Waals surface area contributed by atoms with E-state index < -0.39 is 0 Å². The third kappa shape index (κ3) is 2.27. The van der Waals surface area contributed by atoms with Gasteiger partial charge < -0.3 is 5.32 Å². The molecule has 0 aliphatic carbocycles. The summed E-state index contributed by atoms with van der Waals surface area (Å²) in [5, 5.41) is 8.44. The van der Waals surface area contributed by atoms with Crippen molar-refractivity contribution in [3.8, 4) is 0 Å². The van der Waals surface area contributed by atoms with Gasteiger partial charge in [0.25, 0.3) is 0 Å². The molecule has 2 aromatic heterocycles. The van der Waals surface area contributed by atoms with Crippen molar-refractivity contribution in [3.05, 3.63) is 52.9 Å². The highest BCUT2D eigenvalue weighted by molar-refractivity contribution is 7.19. The summed E-state index contributed by atoms with van der Waals surface area (Å²) in [4.78, 5) is 1.16. The second-order valence-electron chi connectivity index (χ2n) is 4.50. The van der Waals surface area contributed by atoms with Crippen LogP contribution in [0.5, 0.6) is 0 Å². The Balaban J connectivity index is 2.06. The van der Waals surface area contributed by atoms with E-state index in [2.05, 4.69) is 10.4 Å². The van der Waals surface area contributed by atoms with Crippen LogP contribution in [0.2, 0.25) is 0 Å². The molecule has 3 nitrogen and oxygen atoms in total. The maximum atomic E-state index is 13.2. The van der Waals surface area contributed by atoms with Crippen LogP contribution >= 0.6 is 11.3 Å². The number of fused-ring (bicyclic) bond motifs is 1. The van der Waals surface area contributed by atoms with Gasteiger partial charge in [0, 0.05) is 28.4 Å². The van der Waals surface area contributed by atoms with Gasteiger partial charge in [-0.2, -0.15) is 5.10 Å². The van der Waals surface area contributed by atoms with Gasteiger partial charge in [-0.3, -0.25) is 4.68 Å². The molecule has 0 bridgehead atoms. The molecule has 1 unspecified atom stereocenters. The molecular formula is C14H14FN3S. The fraction of sp³-hybridized carbons (Fsp3) is 0.214. The number of hydrogen-bond acceptors (Lipinski definition) is 3. The molecular weight excluding hydrogens is 261 g/mol. The summed E-state index contributed by atoms with van der Waals surface area (Å²) < 4.78 is 16.1. The molecule has 1 atom stereocenters. The lowest BCUT2D eigenvalue weighted by atomic mass is 10.1. The van der Waals surface area contributed by atoms with Gasteiger partial charge in [-0.1, -0.05) is 0 Å². The molecule has 0 aliphatic heterocycles. The Labute approximate surface area is 114 Å². The van der Waals surface area contributed by atoms with Crippen LogP contribution < -0.4 is 5.32 Å². The fourth-order valence-corrected chi connectivity index (χ4v) is 3.42. The fourth-order valence-electron chi connectivity index (χ4n) is 2.24. The van der Waals surface area contributed by atoms with Crippen LogP contribution in [0.25, 0.3) is 10.1 Å². The zero-order valence-corrected chi connectivity index (χ0v) is 11.5. The Bertz CT molecular complexity index is 716. The maximum Gasteiger partial charge on any atom is 0.123 e. The van der Waals surface area contributed by atoms with Gasteiger partial charge in [-0.05, 0) is 36.7 Å². The number of nitrogens with one attached hydrogen (secondary N) is 1. The Morgan fingerprint density at radius 1 is 1.37 bits per heavy atom. The van der Waals surface area contributed by atoms with Crippen molar-refractivity contribution in [2.24, 2.45) is 7.05 Å². The lowest BCUT2D eigenvalue weighted by Crippen LogP contribution is -2.15. The number of thiophene rings is 1. The zero-order chi connectivity index (χ0) is 13.4. The van der Waals surface area contributed by atoms with E-state index in [-0.39, 0.29) is 11.9 Å². The second-order valence-corrected chi connectivity index (χ2v) is 5.62. The van der Waals surface area contributed by atoms with E-state index in [1.54, 1.807) is 22.1 Å². The first-order chi connectivity index (χ1) is 9.17. The van der Waals surface area contributed by atoms with Crippen LogP contribution in [-0.4, -0.2) is 16.8 Å². The third-order valence-electron chi connectivity index (χ3n) is 3.13. The smallest absolute Gasteiger partial charge is 0.123 e. The summed E-state index contributed by atoms with van der Waals surface area (Å²) >= 11 is 1.68. The topological polar surface area (TPSA) is 29.9 Å². The minimum absolute atomic E-state index is 0.0918. The minimum atomic E-state index is -0.195. The largest absolute Gasteiger partial charge is 0.309 e. The van der Waals surface area contributed by atoms with E-state index >= 15 is 0 Å². The Kier molecular flexibility index (Phi) is 3.08. The predicted octanol–water partition coefficient (Wildman–Crippen LogP) is 3.08. The van der Waals surface area contributed by atoms with Gasteiger partial charge in [0.2, 0.25) is 0 Å². The van der Waals surface area contributed by atoms with Crippen molar-refractivity contribution in [1.82, 2.24) is 15.1 Å². The van der Waals surface area contributed by atoms with Crippen molar-refractivity contribution in [2.75, 3.05) is 7.05 Å². The Morgan fingerprint density at radius 3 is 2.89 bits per heavy atom. The molecule has 3 aromatic rings. The lowest BCUT2D eigenvalue weighted by Gasteiger charge is -2.11. The van der Waals surface area contributed by atoms with Gasteiger partial charge in [0.15, 0.2) is 0 Å². The molecule has 0 aliphatic rings. The summed E-state index contributed by atoms with van der Waals surface area (Å²) in [6.07, 6.45) is 3.85. The van der Waals surface area contributed by atoms with Crippen LogP contribution in [0, 0.1) is 5.82 Å². The van der Waals surface area contributed by atoms with Crippen LogP contribution in [0.15, 0.2) is 36.7 Å². The number of aromatic nitrogens is 2. The van der Waals surface area contributed by atoms with E-state index in [1.807, 2.05) is 38.6 Å². The molecule has 98 valence electrons. The highest BCUT2D eigenvalue weighted by Crippen LogP contribution is 2.33. The second kappa shape index (κ2) is 4.75. The Morgan fingerprint density at radius 2 is 2.21 bits per heavy atom. The van der Waals surface area contributed by atoms with Gasteiger partial charge in [0.1, 0.15) is 5.82 Å². The van der Waals surface area contributed by atoms with Crippen LogP contribution in [-0.2, 0) is 7.05 Å². The molecule has 0 fully saturated rings. The summed E-state index contributed by atoms with van der Waals surface area (Å²) in [7, 11) is 3.82. The number of halogens is 1. The average Bonchev–Trinajstić information content (AvgIpc) is 2.96. The SMILES string of the molecule is CNC(c1cnn(C)c1)c1cc2cc(F)ccc2s1. The van der Waals surface area contributed by atoms with Gasteiger partial charge in [0.05, 0.1) is 12.2 Å². The Hall–Kier alpha value is -1.72. The maximum absolute atomic E-state index is 13.2. The minimum Gasteiger partial charge on any atom is -0.309 e. The van der Waals surface area contributed by atoms with Gasteiger partial charge in [-0.25, -0.2) is 4.39 Å². The molecule has 0 radical (unpaired) electrons. The standard InChI is InChI=1S/C14H14FN3S/c1-16-14(10-7-17-18(2)8-10)13-6-9-5-11(15)3-4-12(9)19-13/h3-8,14,16H,1-2H3. The van der Waals surface area contributed by atoms with Crippen molar-refractivity contribution in [2.45, 2.75) is 6.04 Å².